The lowest BCUT2D eigenvalue weighted by Crippen LogP contribution is -2.19. The van der Waals surface area contributed by atoms with Crippen LogP contribution < -0.4 is 10.6 Å². The number of nitrogens with one attached hydrogen (secondary N) is 2. The van der Waals surface area contributed by atoms with Crippen LogP contribution in [0.1, 0.15) is 12.5 Å². The van der Waals surface area contributed by atoms with Crippen LogP contribution >= 0.6 is 0 Å². The van der Waals surface area contributed by atoms with Crippen molar-refractivity contribution in [3.63, 3.8) is 0 Å². The van der Waals surface area contributed by atoms with Gasteiger partial charge >= 0.3 is 6.03 Å². The van der Waals surface area contributed by atoms with E-state index in [1.807, 2.05) is 60.7 Å². The zero-order valence-electron chi connectivity index (χ0n) is 14.8. The van der Waals surface area contributed by atoms with Crippen molar-refractivity contribution in [2.75, 3.05) is 10.6 Å². The topological polar surface area (TPSA) is 84.2 Å². The summed E-state index contributed by atoms with van der Waals surface area (Å²) in [7, 11) is 0. The van der Waals surface area contributed by atoms with Gasteiger partial charge in [0.05, 0.1) is 5.69 Å². The van der Waals surface area contributed by atoms with Crippen LogP contribution in [0.15, 0.2) is 67.0 Å². The Bertz CT molecular complexity index is 1090. The number of amides is 2. The third-order valence-corrected chi connectivity index (χ3v) is 4.20. The smallest absolute Gasteiger partial charge is 0.308 e. The number of benzene rings is 2. The summed E-state index contributed by atoms with van der Waals surface area (Å²) in [4.78, 5) is 12.3. The zero-order valence-corrected chi connectivity index (χ0v) is 14.8. The van der Waals surface area contributed by atoms with E-state index in [9.17, 15) is 4.79 Å². The second kappa shape index (κ2) is 7.25. The lowest BCUT2D eigenvalue weighted by molar-refractivity contribution is 0.262. The molecule has 134 valence electrons. The average Bonchev–Trinajstić information content (AvgIpc) is 3.16. The van der Waals surface area contributed by atoms with Crippen LogP contribution in [0, 0.1) is 0 Å². The number of anilines is 2. The molecule has 0 aliphatic rings. The third-order valence-electron chi connectivity index (χ3n) is 4.20. The summed E-state index contributed by atoms with van der Waals surface area (Å²) < 4.78 is 1.61. The SMILES string of the molecule is CCc1ccc(NC(=O)Nc2cccc(-c3ccc4nncn4n3)c2)cc1. The van der Waals surface area contributed by atoms with Crippen molar-refractivity contribution in [2.24, 2.45) is 0 Å². The highest BCUT2D eigenvalue weighted by molar-refractivity contribution is 6.00. The maximum absolute atomic E-state index is 12.3. The number of urea groups is 1. The number of nitrogens with zero attached hydrogens (tertiary/aromatic N) is 4. The van der Waals surface area contributed by atoms with E-state index in [4.69, 9.17) is 0 Å². The molecule has 2 aromatic heterocycles. The molecule has 2 N–H and O–H groups in total. The molecule has 0 saturated carbocycles. The van der Waals surface area contributed by atoms with Gasteiger partial charge in [-0.15, -0.1) is 10.2 Å². The molecule has 0 aliphatic heterocycles. The second-order valence-electron chi connectivity index (χ2n) is 6.06. The van der Waals surface area contributed by atoms with Crippen molar-refractivity contribution in [3.8, 4) is 11.3 Å². The third kappa shape index (κ3) is 3.77. The molecule has 0 bridgehead atoms. The Labute approximate surface area is 156 Å². The van der Waals surface area contributed by atoms with Crippen LogP contribution in [0.2, 0.25) is 0 Å². The van der Waals surface area contributed by atoms with Crippen LogP contribution in [0.5, 0.6) is 0 Å². The van der Waals surface area contributed by atoms with Gasteiger partial charge in [-0.25, -0.2) is 4.79 Å². The van der Waals surface area contributed by atoms with Crippen LogP contribution in [0.4, 0.5) is 16.2 Å². The molecule has 2 aromatic carbocycles. The average molecular weight is 358 g/mol. The van der Waals surface area contributed by atoms with Gasteiger partial charge in [-0.3, -0.25) is 0 Å². The van der Waals surface area contributed by atoms with E-state index in [1.54, 1.807) is 10.8 Å². The number of fused-ring (bicyclic) bond motifs is 1. The molecule has 0 unspecified atom stereocenters. The molecule has 7 heteroatoms. The summed E-state index contributed by atoms with van der Waals surface area (Å²) in [5, 5.41) is 17.9. The lowest BCUT2D eigenvalue weighted by Gasteiger charge is -2.09. The summed E-state index contributed by atoms with van der Waals surface area (Å²) in [6.07, 6.45) is 2.52. The minimum absolute atomic E-state index is 0.293. The number of aryl methyl sites for hydroxylation is 1. The minimum Gasteiger partial charge on any atom is -0.308 e. The van der Waals surface area contributed by atoms with Crippen LogP contribution in [0.25, 0.3) is 16.9 Å². The van der Waals surface area contributed by atoms with Crippen LogP contribution in [-0.2, 0) is 6.42 Å². The fourth-order valence-electron chi connectivity index (χ4n) is 2.76. The van der Waals surface area contributed by atoms with Gasteiger partial charge in [0.25, 0.3) is 0 Å². The zero-order chi connectivity index (χ0) is 18.6. The predicted molar refractivity (Wildman–Crippen MR) is 105 cm³/mol. The predicted octanol–water partition coefficient (Wildman–Crippen LogP) is 4.00. The normalized spacial score (nSPS) is 10.7. The van der Waals surface area contributed by atoms with E-state index in [0.29, 0.717) is 11.3 Å². The molecule has 0 fully saturated rings. The van der Waals surface area contributed by atoms with Crippen molar-refractivity contribution in [3.05, 3.63) is 72.6 Å². The van der Waals surface area contributed by atoms with E-state index < -0.39 is 0 Å². The molecule has 7 nitrogen and oxygen atoms in total. The van der Waals surface area contributed by atoms with E-state index in [0.717, 1.165) is 23.4 Å². The number of hydrogen-bond acceptors (Lipinski definition) is 4. The number of carbonyl (C=O) groups is 1. The molecule has 0 atom stereocenters. The number of hydrogen-bond donors (Lipinski definition) is 2. The highest BCUT2D eigenvalue weighted by Crippen LogP contribution is 2.21. The molecule has 4 aromatic rings. The second-order valence-corrected chi connectivity index (χ2v) is 6.06. The Morgan fingerprint density at radius 1 is 1.00 bits per heavy atom. The van der Waals surface area contributed by atoms with Gasteiger partial charge in [-0.1, -0.05) is 31.2 Å². The monoisotopic (exact) mass is 358 g/mol. The Hall–Kier alpha value is -3.74. The quantitative estimate of drug-likeness (QED) is 0.577. The van der Waals surface area contributed by atoms with Crippen molar-refractivity contribution in [1.29, 1.82) is 0 Å². The van der Waals surface area contributed by atoms with Gasteiger partial charge < -0.3 is 10.6 Å². The first-order valence-corrected chi connectivity index (χ1v) is 8.66. The minimum atomic E-state index is -0.293. The molecule has 2 amide bonds. The van der Waals surface area contributed by atoms with Gasteiger partial charge in [0, 0.05) is 16.9 Å². The maximum atomic E-state index is 12.3. The summed E-state index contributed by atoms with van der Waals surface area (Å²) in [5.74, 6) is 0. The molecule has 4 rings (SSSR count). The highest BCUT2D eigenvalue weighted by Gasteiger charge is 2.06. The first-order valence-electron chi connectivity index (χ1n) is 8.66. The Balaban J connectivity index is 1.49. The molecule has 2 heterocycles. The van der Waals surface area contributed by atoms with Crippen LogP contribution in [0.3, 0.4) is 0 Å². The fourth-order valence-corrected chi connectivity index (χ4v) is 2.76. The first-order chi connectivity index (χ1) is 13.2. The van der Waals surface area contributed by atoms with E-state index in [2.05, 4.69) is 32.9 Å². The largest absolute Gasteiger partial charge is 0.323 e. The first kappa shape index (κ1) is 16.7. The van der Waals surface area contributed by atoms with E-state index in [1.165, 1.54) is 5.56 Å². The Kier molecular flexibility index (Phi) is 4.49. The lowest BCUT2D eigenvalue weighted by atomic mass is 10.1. The van der Waals surface area contributed by atoms with Crippen molar-refractivity contribution in [2.45, 2.75) is 13.3 Å². The maximum Gasteiger partial charge on any atom is 0.323 e. The molecular formula is C20H18N6O. The van der Waals surface area contributed by atoms with Gasteiger partial charge in [-0.05, 0) is 48.4 Å². The molecule has 0 saturated heterocycles. The Morgan fingerprint density at radius 2 is 1.81 bits per heavy atom. The molecular weight excluding hydrogens is 340 g/mol. The van der Waals surface area contributed by atoms with Crippen LogP contribution in [-0.4, -0.2) is 25.8 Å². The van der Waals surface area contributed by atoms with Gasteiger partial charge in [-0.2, -0.15) is 9.61 Å². The summed E-state index contributed by atoms with van der Waals surface area (Å²) >= 11 is 0. The fraction of sp³-hybridized carbons (Fsp3) is 0.100. The standard InChI is InChI=1S/C20H18N6O/c1-2-14-6-8-16(9-7-14)22-20(27)23-17-5-3-4-15(12-17)18-10-11-19-24-21-13-26(19)25-18/h3-13H,2H2,1H3,(H2,22,23,27). The molecule has 0 aliphatic carbocycles. The van der Waals surface area contributed by atoms with Crippen molar-refractivity contribution in [1.82, 2.24) is 19.8 Å². The number of carbonyl (C=O) groups excluding carboxylic acids is 1. The van der Waals surface area contributed by atoms with E-state index >= 15 is 0 Å². The van der Waals surface area contributed by atoms with Gasteiger partial charge in [0.15, 0.2) is 5.65 Å². The van der Waals surface area contributed by atoms with Crippen molar-refractivity contribution < 1.29 is 4.79 Å². The summed E-state index contributed by atoms with van der Waals surface area (Å²) in [6.45, 7) is 2.10. The van der Waals surface area contributed by atoms with Gasteiger partial charge in [0.1, 0.15) is 6.33 Å². The van der Waals surface area contributed by atoms with Gasteiger partial charge in [0.2, 0.25) is 0 Å². The molecule has 0 radical (unpaired) electrons. The highest BCUT2D eigenvalue weighted by atomic mass is 16.2. The number of rotatable bonds is 4. The van der Waals surface area contributed by atoms with E-state index in [-0.39, 0.29) is 6.03 Å². The summed E-state index contributed by atoms with van der Waals surface area (Å²) in [5.41, 5.74) is 4.99. The van der Waals surface area contributed by atoms with Crippen molar-refractivity contribution >= 4 is 23.1 Å². The number of aromatic nitrogens is 4. The molecule has 0 spiro atoms. The molecule has 27 heavy (non-hydrogen) atoms. The Morgan fingerprint density at radius 3 is 2.63 bits per heavy atom. The summed E-state index contributed by atoms with van der Waals surface area (Å²) in [6, 6.07) is 18.7.